The van der Waals surface area contributed by atoms with E-state index in [1.165, 1.54) is 6.20 Å². The Labute approximate surface area is 102 Å². The monoisotopic (exact) mass is 252 g/mol. The van der Waals surface area contributed by atoms with E-state index in [0.717, 1.165) is 5.56 Å². The summed E-state index contributed by atoms with van der Waals surface area (Å²) in [6.07, 6.45) is 1.36. The van der Waals surface area contributed by atoms with Crippen LogP contribution in [-0.2, 0) is 21.3 Å². The molecular formula is C11H12N2O3S. The number of carbonyl (C=O) groups is 1. The van der Waals surface area contributed by atoms with Crippen molar-refractivity contribution in [1.29, 1.82) is 5.26 Å². The van der Waals surface area contributed by atoms with E-state index < -0.39 is 22.0 Å². The van der Waals surface area contributed by atoms with Crippen molar-refractivity contribution >= 4 is 16.8 Å². The molecule has 1 aromatic rings. The zero-order valence-corrected chi connectivity index (χ0v) is 10.1. The molecule has 0 amide bonds. The van der Waals surface area contributed by atoms with Gasteiger partial charge in [-0.15, -0.1) is 0 Å². The highest BCUT2D eigenvalue weighted by atomic mass is 32.2. The van der Waals surface area contributed by atoms with E-state index in [4.69, 9.17) is 10.4 Å². The molecule has 0 radical (unpaired) electrons. The lowest BCUT2D eigenvalue weighted by Gasteiger charge is -2.08. The first-order valence-corrected chi connectivity index (χ1v) is 6.35. The van der Waals surface area contributed by atoms with Crippen LogP contribution in [0.1, 0.15) is 24.6 Å². The Balaban J connectivity index is 2.68. The van der Waals surface area contributed by atoms with Crippen molar-refractivity contribution in [2.45, 2.75) is 24.3 Å². The molecule has 90 valence electrons. The van der Waals surface area contributed by atoms with Crippen LogP contribution < -0.4 is 0 Å². The zero-order valence-electron chi connectivity index (χ0n) is 9.29. The van der Waals surface area contributed by atoms with Crippen molar-refractivity contribution in [1.82, 2.24) is 4.98 Å². The third kappa shape index (κ3) is 4.33. The largest absolute Gasteiger partial charge is 0.481 e. The van der Waals surface area contributed by atoms with Gasteiger partial charge in [0.2, 0.25) is 0 Å². The number of carboxylic acids is 1. The minimum Gasteiger partial charge on any atom is -0.481 e. The van der Waals surface area contributed by atoms with Crippen LogP contribution in [0.3, 0.4) is 0 Å². The van der Waals surface area contributed by atoms with E-state index in [-0.39, 0.29) is 17.9 Å². The average Bonchev–Trinajstić information content (AvgIpc) is 2.28. The van der Waals surface area contributed by atoms with Gasteiger partial charge in [0, 0.05) is 28.0 Å². The van der Waals surface area contributed by atoms with Crippen LogP contribution in [0, 0.1) is 11.3 Å². The number of hydrogen-bond donors (Lipinski definition) is 1. The number of aliphatic carboxylic acids is 1. The van der Waals surface area contributed by atoms with Gasteiger partial charge in [-0.3, -0.25) is 9.00 Å². The van der Waals surface area contributed by atoms with Crippen LogP contribution in [0.15, 0.2) is 18.3 Å². The van der Waals surface area contributed by atoms with E-state index >= 15 is 0 Å². The van der Waals surface area contributed by atoms with Gasteiger partial charge in [-0.2, -0.15) is 5.26 Å². The van der Waals surface area contributed by atoms with E-state index in [1.54, 1.807) is 19.1 Å². The molecule has 0 spiro atoms. The third-order valence-corrected chi connectivity index (χ3v) is 3.84. The fourth-order valence-corrected chi connectivity index (χ4v) is 2.39. The normalized spacial score (nSPS) is 13.6. The summed E-state index contributed by atoms with van der Waals surface area (Å²) >= 11 is 0. The van der Waals surface area contributed by atoms with Gasteiger partial charge in [0.1, 0.15) is 11.8 Å². The lowest BCUT2D eigenvalue weighted by Crippen LogP contribution is -2.17. The number of nitrogens with zero attached hydrogens (tertiary/aromatic N) is 2. The number of hydrogen-bond acceptors (Lipinski definition) is 4. The van der Waals surface area contributed by atoms with Crippen molar-refractivity contribution in [3.05, 3.63) is 29.6 Å². The molecule has 0 saturated carbocycles. The molecule has 0 fully saturated rings. The molecule has 0 aliphatic carbocycles. The minimum atomic E-state index is -1.26. The molecule has 1 aromatic heterocycles. The van der Waals surface area contributed by atoms with Gasteiger partial charge in [0.15, 0.2) is 0 Å². The predicted molar refractivity (Wildman–Crippen MR) is 62.5 cm³/mol. The first-order valence-electron chi connectivity index (χ1n) is 4.97. The average molecular weight is 252 g/mol. The highest BCUT2D eigenvalue weighted by Crippen LogP contribution is 2.10. The van der Waals surface area contributed by atoms with E-state index in [1.807, 2.05) is 6.07 Å². The van der Waals surface area contributed by atoms with Crippen LogP contribution in [-0.4, -0.2) is 25.5 Å². The van der Waals surface area contributed by atoms with Crippen molar-refractivity contribution in [2.24, 2.45) is 0 Å². The Bertz CT molecular complexity index is 482. The molecule has 2 atom stereocenters. The second-order valence-corrected chi connectivity index (χ2v) is 5.45. The van der Waals surface area contributed by atoms with E-state index in [9.17, 15) is 9.00 Å². The summed E-state index contributed by atoms with van der Waals surface area (Å²) in [5.74, 6) is -0.718. The Morgan fingerprint density at radius 2 is 2.41 bits per heavy atom. The summed E-state index contributed by atoms with van der Waals surface area (Å²) in [6, 6.07) is 5.13. The number of aromatic nitrogens is 1. The van der Waals surface area contributed by atoms with Crippen molar-refractivity contribution < 1.29 is 14.1 Å². The van der Waals surface area contributed by atoms with Crippen molar-refractivity contribution in [3.63, 3.8) is 0 Å². The summed E-state index contributed by atoms with van der Waals surface area (Å²) in [5, 5.41) is 16.8. The number of rotatable bonds is 5. The van der Waals surface area contributed by atoms with Crippen LogP contribution in [0.25, 0.3) is 0 Å². The molecule has 6 heteroatoms. The number of nitriles is 1. The molecule has 0 saturated heterocycles. The summed E-state index contributed by atoms with van der Waals surface area (Å²) in [4.78, 5) is 14.3. The van der Waals surface area contributed by atoms with Crippen molar-refractivity contribution in [3.8, 4) is 6.07 Å². The van der Waals surface area contributed by atoms with Gasteiger partial charge in [0.05, 0.1) is 6.42 Å². The predicted octanol–water partition coefficient (Wildman–Crippen LogP) is 1.07. The topological polar surface area (TPSA) is 91.0 Å². The lowest BCUT2D eigenvalue weighted by atomic mass is 10.2. The van der Waals surface area contributed by atoms with Gasteiger partial charge in [-0.25, -0.2) is 4.98 Å². The minimum absolute atomic E-state index is 0.122. The van der Waals surface area contributed by atoms with E-state index in [2.05, 4.69) is 4.98 Å². The maximum atomic E-state index is 11.8. The summed E-state index contributed by atoms with van der Waals surface area (Å²) in [7, 11) is -1.26. The molecule has 5 nitrogen and oxygen atoms in total. The Hall–Kier alpha value is -1.74. The molecule has 0 aromatic carbocycles. The maximum absolute atomic E-state index is 11.8. The molecule has 17 heavy (non-hydrogen) atoms. The molecule has 1 heterocycles. The second kappa shape index (κ2) is 6.11. The molecule has 1 N–H and O–H groups in total. The lowest BCUT2D eigenvalue weighted by molar-refractivity contribution is -0.136. The first kappa shape index (κ1) is 13.3. The third-order valence-electron chi connectivity index (χ3n) is 2.16. The van der Waals surface area contributed by atoms with Crippen LogP contribution in [0.4, 0.5) is 0 Å². The summed E-state index contributed by atoms with van der Waals surface area (Å²) in [5.41, 5.74) is 0.998. The Morgan fingerprint density at radius 3 is 3.00 bits per heavy atom. The fraction of sp³-hybridized carbons (Fsp3) is 0.364. The van der Waals surface area contributed by atoms with Gasteiger partial charge in [-0.05, 0) is 17.7 Å². The zero-order chi connectivity index (χ0) is 12.8. The summed E-state index contributed by atoms with van der Waals surface area (Å²) < 4.78 is 11.8. The van der Waals surface area contributed by atoms with Crippen LogP contribution >= 0.6 is 0 Å². The SMILES string of the molecule is CC(CC(=O)O)S(=O)Cc1ccnc(C#N)c1. The molecular weight excluding hydrogens is 240 g/mol. The molecule has 0 bridgehead atoms. The highest BCUT2D eigenvalue weighted by Gasteiger charge is 2.15. The van der Waals surface area contributed by atoms with Crippen molar-refractivity contribution in [2.75, 3.05) is 0 Å². The molecule has 2 unspecified atom stereocenters. The highest BCUT2D eigenvalue weighted by molar-refractivity contribution is 7.84. The Morgan fingerprint density at radius 1 is 1.71 bits per heavy atom. The standard InChI is InChI=1S/C11H12N2O3S/c1-8(4-11(14)15)17(16)7-9-2-3-13-10(5-9)6-12/h2-3,5,8H,4,7H2,1H3,(H,14,15). The van der Waals surface area contributed by atoms with Crippen LogP contribution in [0.2, 0.25) is 0 Å². The molecule has 0 aliphatic rings. The fourth-order valence-electron chi connectivity index (χ4n) is 1.27. The molecule has 0 aliphatic heterocycles. The first-order chi connectivity index (χ1) is 8.02. The van der Waals surface area contributed by atoms with Gasteiger partial charge in [-0.1, -0.05) is 6.92 Å². The second-order valence-electron chi connectivity index (χ2n) is 3.59. The molecule has 1 rings (SSSR count). The van der Waals surface area contributed by atoms with Gasteiger partial charge >= 0.3 is 5.97 Å². The maximum Gasteiger partial charge on any atom is 0.304 e. The number of carboxylic acid groups (broad SMARTS) is 1. The summed E-state index contributed by atoms with van der Waals surface area (Å²) in [6.45, 7) is 1.64. The van der Waals surface area contributed by atoms with Gasteiger partial charge in [0.25, 0.3) is 0 Å². The van der Waals surface area contributed by atoms with Gasteiger partial charge < -0.3 is 5.11 Å². The Kier molecular flexibility index (Phi) is 4.79. The van der Waals surface area contributed by atoms with Crippen LogP contribution in [0.5, 0.6) is 0 Å². The smallest absolute Gasteiger partial charge is 0.304 e. The quantitative estimate of drug-likeness (QED) is 0.846. The number of pyridine rings is 1. The van der Waals surface area contributed by atoms with E-state index in [0.29, 0.717) is 0 Å².